The normalized spacial score (nSPS) is 13.6. The molecule has 2 aromatic carbocycles. The molecule has 0 amide bonds. The van der Waals surface area contributed by atoms with Crippen LogP contribution in [0.3, 0.4) is 0 Å². The SMILES string of the molecule is COc1ccccc1C(C)(N)c1ccc(C)c(C)c1OC. The summed E-state index contributed by atoms with van der Waals surface area (Å²) < 4.78 is 11.1. The summed E-state index contributed by atoms with van der Waals surface area (Å²) >= 11 is 0. The summed E-state index contributed by atoms with van der Waals surface area (Å²) in [7, 11) is 3.34. The fourth-order valence-corrected chi connectivity index (χ4v) is 2.68. The van der Waals surface area contributed by atoms with E-state index < -0.39 is 5.54 Å². The van der Waals surface area contributed by atoms with Gasteiger partial charge in [-0.3, -0.25) is 0 Å². The maximum atomic E-state index is 6.67. The van der Waals surface area contributed by atoms with Gasteiger partial charge in [0.1, 0.15) is 11.5 Å². The summed E-state index contributed by atoms with van der Waals surface area (Å²) in [6, 6.07) is 11.9. The molecule has 0 aliphatic heterocycles. The maximum absolute atomic E-state index is 6.67. The number of hydrogen-bond donors (Lipinski definition) is 1. The molecule has 2 N–H and O–H groups in total. The molecule has 21 heavy (non-hydrogen) atoms. The maximum Gasteiger partial charge on any atom is 0.127 e. The molecule has 0 radical (unpaired) electrons. The zero-order chi connectivity index (χ0) is 15.6. The quantitative estimate of drug-likeness (QED) is 0.934. The molecule has 0 aliphatic rings. The number of methoxy groups -OCH3 is 2. The van der Waals surface area contributed by atoms with Gasteiger partial charge in [0, 0.05) is 11.1 Å². The van der Waals surface area contributed by atoms with E-state index in [1.807, 2.05) is 37.3 Å². The molecule has 112 valence electrons. The second-order valence-corrected chi connectivity index (χ2v) is 5.49. The largest absolute Gasteiger partial charge is 0.496 e. The summed E-state index contributed by atoms with van der Waals surface area (Å²) in [4.78, 5) is 0. The van der Waals surface area contributed by atoms with Gasteiger partial charge in [-0.05, 0) is 38.0 Å². The molecule has 0 heterocycles. The van der Waals surface area contributed by atoms with Crippen LogP contribution in [-0.2, 0) is 5.54 Å². The molecule has 0 saturated heterocycles. The van der Waals surface area contributed by atoms with Crippen molar-refractivity contribution >= 4 is 0 Å². The van der Waals surface area contributed by atoms with Crippen LogP contribution in [0.1, 0.15) is 29.2 Å². The monoisotopic (exact) mass is 285 g/mol. The van der Waals surface area contributed by atoms with Crippen LogP contribution in [0.25, 0.3) is 0 Å². The summed E-state index contributed by atoms with van der Waals surface area (Å²) in [6.07, 6.45) is 0. The first-order valence-corrected chi connectivity index (χ1v) is 7.00. The van der Waals surface area contributed by atoms with E-state index in [2.05, 4.69) is 19.9 Å². The topological polar surface area (TPSA) is 44.5 Å². The minimum atomic E-state index is -0.698. The van der Waals surface area contributed by atoms with E-state index >= 15 is 0 Å². The van der Waals surface area contributed by atoms with E-state index in [1.165, 1.54) is 5.56 Å². The third-order valence-electron chi connectivity index (χ3n) is 4.11. The van der Waals surface area contributed by atoms with E-state index in [0.717, 1.165) is 28.2 Å². The summed E-state index contributed by atoms with van der Waals surface area (Å²) in [5, 5.41) is 0. The van der Waals surface area contributed by atoms with Gasteiger partial charge in [0.25, 0.3) is 0 Å². The van der Waals surface area contributed by atoms with Crippen molar-refractivity contribution < 1.29 is 9.47 Å². The van der Waals surface area contributed by atoms with Crippen LogP contribution >= 0.6 is 0 Å². The highest BCUT2D eigenvalue weighted by molar-refractivity contribution is 5.54. The van der Waals surface area contributed by atoms with E-state index in [9.17, 15) is 0 Å². The highest BCUT2D eigenvalue weighted by Crippen LogP contribution is 2.39. The summed E-state index contributed by atoms with van der Waals surface area (Å²) in [5.41, 5.74) is 10.2. The number of ether oxygens (including phenoxy) is 2. The van der Waals surface area contributed by atoms with E-state index in [1.54, 1.807) is 14.2 Å². The summed E-state index contributed by atoms with van der Waals surface area (Å²) in [5.74, 6) is 1.62. The Morgan fingerprint density at radius 1 is 0.905 bits per heavy atom. The number of aryl methyl sites for hydroxylation is 1. The van der Waals surface area contributed by atoms with Crippen molar-refractivity contribution in [3.05, 3.63) is 58.7 Å². The zero-order valence-electron chi connectivity index (χ0n) is 13.4. The molecular formula is C18H23NO2. The molecule has 3 nitrogen and oxygen atoms in total. The Kier molecular flexibility index (Phi) is 4.24. The predicted molar refractivity (Wildman–Crippen MR) is 86.1 cm³/mol. The molecule has 1 atom stereocenters. The zero-order valence-corrected chi connectivity index (χ0v) is 13.4. The lowest BCUT2D eigenvalue weighted by atomic mass is 9.83. The molecule has 3 heteroatoms. The van der Waals surface area contributed by atoms with E-state index in [-0.39, 0.29) is 0 Å². The van der Waals surface area contributed by atoms with Crippen molar-refractivity contribution in [1.29, 1.82) is 0 Å². The lowest BCUT2D eigenvalue weighted by Crippen LogP contribution is -2.35. The van der Waals surface area contributed by atoms with Crippen molar-refractivity contribution in [2.24, 2.45) is 5.73 Å². The van der Waals surface area contributed by atoms with Crippen LogP contribution < -0.4 is 15.2 Å². The molecule has 0 fully saturated rings. The Hall–Kier alpha value is -2.00. The second kappa shape index (κ2) is 5.78. The Bertz CT molecular complexity index is 648. The van der Waals surface area contributed by atoms with Gasteiger partial charge >= 0.3 is 0 Å². The van der Waals surface area contributed by atoms with Gasteiger partial charge in [-0.2, -0.15) is 0 Å². The lowest BCUT2D eigenvalue weighted by molar-refractivity contribution is 0.383. The minimum Gasteiger partial charge on any atom is -0.496 e. The standard InChI is InChI=1S/C18H23NO2/c1-12-10-11-15(17(21-5)13(12)2)18(3,19)14-8-6-7-9-16(14)20-4/h6-11H,19H2,1-5H3. The van der Waals surface area contributed by atoms with Crippen LogP contribution in [0.2, 0.25) is 0 Å². The first kappa shape index (κ1) is 15.4. The van der Waals surface area contributed by atoms with Crippen molar-refractivity contribution in [1.82, 2.24) is 0 Å². The molecule has 0 aromatic heterocycles. The van der Waals surface area contributed by atoms with Crippen molar-refractivity contribution in [3.8, 4) is 11.5 Å². The number of para-hydroxylation sites is 1. The first-order valence-electron chi connectivity index (χ1n) is 7.00. The van der Waals surface area contributed by atoms with Crippen LogP contribution in [0, 0.1) is 13.8 Å². The fourth-order valence-electron chi connectivity index (χ4n) is 2.68. The highest BCUT2D eigenvalue weighted by Gasteiger charge is 2.31. The van der Waals surface area contributed by atoms with Crippen LogP contribution in [0.5, 0.6) is 11.5 Å². The Morgan fingerprint density at radius 3 is 2.19 bits per heavy atom. The number of rotatable bonds is 4. The van der Waals surface area contributed by atoms with Gasteiger partial charge < -0.3 is 15.2 Å². The van der Waals surface area contributed by atoms with Gasteiger partial charge in [-0.15, -0.1) is 0 Å². The van der Waals surface area contributed by atoms with E-state index in [4.69, 9.17) is 15.2 Å². The van der Waals surface area contributed by atoms with Crippen LogP contribution in [0.4, 0.5) is 0 Å². The number of nitrogens with two attached hydrogens (primary N) is 1. The average Bonchev–Trinajstić information content (AvgIpc) is 2.49. The van der Waals surface area contributed by atoms with Gasteiger partial charge in [0.2, 0.25) is 0 Å². The molecule has 1 unspecified atom stereocenters. The van der Waals surface area contributed by atoms with Gasteiger partial charge in [-0.25, -0.2) is 0 Å². The van der Waals surface area contributed by atoms with Crippen LogP contribution in [-0.4, -0.2) is 14.2 Å². The lowest BCUT2D eigenvalue weighted by Gasteiger charge is -2.30. The average molecular weight is 285 g/mol. The summed E-state index contributed by atoms with van der Waals surface area (Å²) in [6.45, 7) is 6.10. The van der Waals surface area contributed by atoms with Gasteiger partial charge in [-0.1, -0.05) is 30.3 Å². The van der Waals surface area contributed by atoms with Crippen molar-refractivity contribution in [2.45, 2.75) is 26.3 Å². The van der Waals surface area contributed by atoms with Crippen molar-refractivity contribution in [3.63, 3.8) is 0 Å². The molecule has 0 bridgehead atoms. The Morgan fingerprint density at radius 2 is 1.57 bits per heavy atom. The van der Waals surface area contributed by atoms with Crippen LogP contribution in [0.15, 0.2) is 36.4 Å². The molecule has 0 aliphatic carbocycles. The fraction of sp³-hybridized carbons (Fsp3) is 0.333. The Labute approximate surface area is 126 Å². The second-order valence-electron chi connectivity index (χ2n) is 5.49. The number of benzene rings is 2. The molecule has 0 spiro atoms. The van der Waals surface area contributed by atoms with Gasteiger partial charge in [0.05, 0.1) is 19.8 Å². The molecule has 0 saturated carbocycles. The third-order valence-corrected chi connectivity index (χ3v) is 4.11. The predicted octanol–water partition coefficient (Wildman–Crippen LogP) is 3.54. The molecule has 2 rings (SSSR count). The highest BCUT2D eigenvalue weighted by atomic mass is 16.5. The molecule has 2 aromatic rings. The van der Waals surface area contributed by atoms with Gasteiger partial charge in [0.15, 0.2) is 0 Å². The third kappa shape index (κ3) is 2.61. The van der Waals surface area contributed by atoms with E-state index in [0.29, 0.717) is 0 Å². The minimum absolute atomic E-state index is 0.698. The number of hydrogen-bond acceptors (Lipinski definition) is 3. The Balaban J connectivity index is 2.67. The molecular weight excluding hydrogens is 262 g/mol. The smallest absolute Gasteiger partial charge is 0.127 e. The first-order chi connectivity index (χ1) is 9.93. The van der Waals surface area contributed by atoms with Crippen molar-refractivity contribution in [2.75, 3.05) is 14.2 Å².